The number of hydrogen-bond donors (Lipinski definition) is 1. The molecule has 2 rings (SSSR count). The van der Waals surface area contributed by atoms with Crippen LogP contribution in [0.1, 0.15) is 29.9 Å². The summed E-state index contributed by atoms with van der Waals surface area (Å²) in [6, 6.07) is 11.6. The number of rotatable bonds is 5. The van der Waals surface area contributed by atoms with Crippen LogP contribution in [0.25, 0.3) is 0 Å². The second-order valence-corrected chi connectivity index (χ2v) is 4.76. The summed E-state index contributed by atoms with van der Waals surface area (Å²) >= 11 is 0. The summed E-state index contributed by atoms with van der Waals surface area (Å²) in [4.78, 5) is 4.40. The molecule has 0 unspecified atom stereocenters. The molecule has 0 aliphatic rings. The van der Waals surface area contributed by atoms with Crippen molar-refractivity contribution >= 4 is 0 Å². The SMILES string of the molecule is COc1cc([C@H](C)N)ccc1OCc1cccc(C)n1. The van der Waals surface area contributed by atoms with Gasteiger partial charge in [0.1, 0.15) is 6.61 Å². The van der Waals surface area contributed by atoms with Crippen LogP contribution in [0.4, 0.5) is 0 Å². The first-order valence-corrected chi connectivity index (χ1v) is 6.59. The number of aryl methyl sites for hydroxylation is 1. The Morgan fingerprint density at radius 3 is 2.65 bits per heavy atom. The fourth-order valence-electron chi connectivity index (χ4n) is 1.92. The van der Waals surface area contributed by atoms with Crippen LogP contribution < -0.4 is 15.2 Å². The number of nitrogens with two attached hydrogens (primary N) is 1. The van der Waals surface area contributed by atoms with Crippen molar-refractivity contribution in [2.75, 3.05) is 7.11 Å². The maximum Gasteiger partial charge on any atom is 0.161 e. The van der Waals surface area contributed by atoms with Crippen molar-refractivity contribution in [3.05, 3.63) is 53.3 Å². The minimum Gasteiger partial charge on any atom is -0.493 e. The molecule has 0 saturated carbocycles. The molecule has 0 aliphatic carbocycles. The number of nitrogens with zero attached hydrogens (tertiary/aromatic N) is 1. The molecule has 0 aliphatic heterocycles. The maximum absolute atomic E-state index is 5.86. The predicted octanol–water partition coefficient (Wildman–Crippen LogP) is 3.00. The van der Waals surface area contributed by atoms with Crippen LogP contribution in [0.2, 0.25) is 0 Å². The second-order valence-electron chi connectivity index (χ2n) is 4.76. The van der Waals surface area contributed by atoms with Gasteiger partial charge < -0.3 is 15.2 Å². The molecule has 1 atom stereocenters. The van der Waals surface area contributed by atoms with Crippen molar-refractivity contribution in [1.29, 1.82) is 0 Å². The minimum atomic E-state index is -0.0311. The summed E-state index contributed by atoms with van der Waals surface area (Å²) in [6.07, 6.45) is 0. The molecule has 0 amide bonds. The van der Waals surface area contributed by atoms with Gasteiger partial charge in [-0.05, 0) is 43.7 Å². The smallest absolute Gasteiger partial charge is 0.161 e. The molecule has 2 N–H and O–H groups in total. The van der Waals surface area contributed by atoms with Crippen LogP contribution in [-0.4, -0.2) is 12.1 Å². The fourth-order valence-corrected chi connectivity index (χ4v) is 1.92. The van der Waals surface area contributed by atoms with Gasteiger partial charge in [0, 0.05) is 11.7 Å². The van der Waals surface area contributed by atoms with E-state index < -0.39 is 0 Å². The first kappa shape index (κ1) is 14.3. The Hall–Kier alpha value is -2.07. The molecule has 20 heavy (non-hydrogen) atoms. The van der Waals surface area contributed by atoms with E-state index in [0.717, 1.165) is 17.0 Å². The number of aromatic nitrogens is 1. The van der Waals surface area contributed by atoms with Gasteiger partial charge in [-0.25, -0.2) is 0 Å². The van der Waals surface area contributed by atoms with E-state index in [-0.39, 0.29) is 6.04 Å². The zero-order valence-corrected chi connectivity index (χ0v) is 12.1. The third-order valence-electron chi connectivity index (χ3n) is 3.04. The van der Waals surface area contributed by atoms with Crippen molar-refractivity contribution in [3.63, 3.8) is 0 Å². The van der Waals surface area contributed by atoms with Gasteiger partial charge in [-0.2, -0.15) is 0 Å². The van der Waals surface area contributed by atoms with Gasteiger partial charge in [0.25, 0.3) is 0 Å². The van der Waals surface area contributed by atoms with Gasteiger partial charge in [0.2, 0.25) is 0 Å². The first-order valence-electron chi connectivity index (χ1n) is 6.59. The molecule has 1 heterocycles. The molecule has 0 bridgehead atoms. The zero-order chi connectivity index (χ0) is 14.5. The highest BCUT2D eigenvalue weighted by Gasteiger charge is 2.08. The molecule has 0 saturated heterocycles. The van der Waals surface area contributed by atoms with Gasteiger partial charge in [-0.3, -0.25) is 4.98 Å². The Labute approximate surface area is 119 Å². The topological polar surface area (TPSA) is 57.4 Å². The number of benzene rings is 1. The monoisotopic (exact) mass is 272 g/mol. The Morgan fingerprint density at radius 2 is 2.00 bits per heavy atom. The van der Waals surface area contributed by atoms with Crippen molar-refractivity contribution in [3.8, 4) is 11.5 Å². The first-order chi connectivity index (χ1) is 9.60. The molecular formula is C16H20N2O2. The summed E-state index contributed by atoms with van der Waals surface area (Å²) in [7, 11) is 1.62. The summed E-state index contributed by atoms with van der Waals surface area (Å²) in [5.41, 5.74) is 8.75. The number of methoxy groups -OCH3 is 1. The van der Waals surface area contributed by atoms with E-state index in [2.05, 4.69) is 4.98 Å². The lowest BCUT2D eigenvalue weighted by molar-refractivity contribution is 0.280. The van der Waals surface area contributed by atoms with Crippen molar-refractivity contribution in [1.82, 2.24) is 4.98 Å². The minimum absolute atomic E-state index is 0.0311. The molecule has 0 spiro atoms. The average Bonchev–Trinajstić information content (AvgIpc) is 2.45. The lowest BCUT2D eigenvalue weighted by Crippen LogP contribution is -2.06. The average molecular weight is 272 g/mol. The normalized spacial score (nSPS) is 12.0. The van der Waals surface area contributed by atoms with Gasteiger partial charge in [0.15, 0.2) is 11.5 Å². The van der Waals surface area contributed by atoms with Gasteiger partial charge in [-0.15, -0.1) is 0 Å². The van der Waals surface area contributed by atoms with Crippen LogP contribution >= 0.6 is 0 Å². The molecule has 1 aromatic heterocycles. The van der Waals surface area contributed by atoms with E-state index in [1.54, 1.807) is 7.11 Å². The molecule has 1 aromatic carbocycles. The Kier molecular flexibility index (Phi) is 4.58. The number of ether oxygens (including phenoxy) is 2. The van der Waals surface area contributed by atoms with Crippen LogP contribution in [0.5, 0.6) is 11.5 Å². The van der Waals surface area contributed by atoms with E-state index in [1.807, 2.05) is 50.2 Å². The molecule has 106 valence electrons. The van der Waals surface area contributed by atoms with Crippen molar-refractivity contribution in [2.45, 2.75) is 26.5 Å². The van der Waals surface area contributed by atoms with Crippen molar-refractivity contribution < 1.29 is 9.47 Å². The third-order valence-corrected chi connectivity index (χ3v) is 3.04. The maximum atomic E-state index is 5.86. The lowest BCUT2D eigenvalue weighted by atomic mass is 10.1. The highest BCUT2D eigenvalue weighted by atomic mass is 16.5. The summed E-state index contributed by atoms with van der Waals surface area (Å²) in [5.74, 6) is 1.38. The summed E-state index contributed by atoms with van der Waals surface area (Å²) < 4.78 is 11.1. The molecular weight excluding hydrogens is 252 g/mol. The third kappa shape index (κ3) is 3.48. The Bertz CT molecular complexity index is 582. The van der Waals surface area contributed by atoms with Crippen LogP contribution in [0.3, 0.4) is 0 Å². The van der Waals surface area contributed by atoms with E-state index in [1.165, 1.54) is 0 Å². The lowest BCUT2D eigenvalue weighted by Gasteiger charge is -2.13. The van der Waals surface area contributed by atoms with Crippen LogP contribution in [-0.2, 0) is 6.61 Å². The van der Waals surface area contributed by atoms with Crippen LogP contribution in [0, 0.1) is 6.92 Å². The highest BCUT2D eigenvalue weighted by molar-refractivity contribution is 5.43. The largest absolute Gasteiger partial charge is 0.493 e. The zero-order valence-electron chi connectivity index (χ0n) is 12.1. The summed E-state index contributed by atoms with van der Waals surface area (Å²) in [6.45, 7) is 4.31. The van der Waals surface area contributed by atoms with Gasteiger partial charge in [-0.1, -0.05) is 12.1 Å². The van der Waals surface area contributed by atoms with E-state index in [4.69, 9.17) is 15.2 Å². The highest BCUT2D eigenvalue weighted by Crippen LogP contribution is 2.30. The Morgan fingerprint density at radius 1 is 1.20 bits per heavy atom. The summed E-state index contributed by atoms with van der Waals surface area (Å²) in [5, 5.41) is 0. The van der Waals surface area contributed by atoms with E-state index in [9.17, 15) is 0 Å². The van der Waals surface area contributed by atoms with Gasteiger partial charge in [0.05, 0.1) is 12.8 Å². The standard InChI is InChI=1S/C16H20N2O2/c1-11-5-4-6-14(18-11)10-20-15-8-7-13(12(2)17)9-16(15)19-3/h4-9,12H,10,17H2,1-3H3/t12-/m0/s1. The number of hydrogen-bond acceptors (Lipinski definition) is 4. The van der Waals surface area contributed by atoms with Crippen LogP contribution in [0.15, 0.2) is 36.4 Å². The van der Waals surface area contributed by atoms with E-state index in [0.29, 0.717) is 18.1 Å². The van der Waals surface area contributed by atoms with Gasteiger partial charge >= 0.3 is 0 Å². The molecule has 0 radical (unpaired) electrons. The number of pyridine rings is 1. The molecule has 4 heteroatoms. The predicted molar refractivity (Wildman–Crippen MR) is 78.9 cm³/mol. The fraction of sp³-hybridized carbons (Fsp3) is 0.312. The second kappa shape index (κ2) is 6.39. The molecule has 4 nitrogen and oxygen atoms in total. The van der Waals surface area contributed by atoms with E-state index >= 15 is 0 Å². The molecule has 2 aromatic rings. The quantitative estimate of drug-likeness (QED) is 0.909. The van der Waals surface area contributed by atoms with Crippen molar-refractivity contribution in [2.24, 2.45) is 5.73 Å². The molecule has 0 fully saturated rings. The Balaban J connectivity index is 2.13.